The van der Waals surface area contributed by atoms with E-state index in [4.69, 9.17) is 0 Å². The summed E-state index contributed by atoms with van der Waals surface area (Å²) in [4.78, 5) is 1.05. The van der Waals surface area contributed by atoms with E-state index >= 15 is 0 Å². The van der Waals surface area contributed by atoms with Gasteiger partial charge in [0.05, 0.1) is 5.69 Å². The van der Waals surface area contributed by atoms with E-state index in [2.05, 4.69) is 14.9 Å². The quantitative estimate of drug-likeness (QED) is 0.750. The van der Waals surface area contributed by atoms with Crippen molar-refractivity contribution < 1.29 is 8.42 Å². The van der Waals surface area contributed by atoms with Crippen LogP contribution in [-0.4, -0.2) is 18.6 Å². The predicted octanol–water partition coefficient (Wildman–Crippen LogP) is 3.50. The minimum atomic E-state index is -3.52. The molecule has 0 bridgehead atoms. The molecule has 22 heavy (non-hydrogen) atoms. The van der Waals surface area contributed by atoms with Crippen molar-refractivity contribution in [2.24, 2.45) is 0 Å². The molecule has 3 rings (SSSR count). The molecule has 7 heteroatoms. The van der Waals surface area contributed by atoms with Crippen molar-refractivity contribution in [1.82, 2.24) is 10.2 Å². The number of aryl methyl sites for hydroxylation is 1. The zero-order valence-corrected chi connectivity index (χ0v) is 13.5. The van der Waals surface area contributed by atoms with Crippen LogP contribution in [0.2, 0.25) is 0 Å². The summed E-state index contributed by atoms with van der Waals surface area (Å²) in [5.74, 6) is 0. The maximum Gasteiger partial charge on any atom is 0.271 e. The molecular formula is C15H15N3O2S2. The highest BCUT2D eigenvalue weighted by molar-refractivity contribution is 7.94. The third-order valence-electron chi connectivity index (χ3n) is 3.20. The smallest absolute Gasteiger partial charge is 0.271 e. The van der Waals surface area contributed by atoms with Crippen LogP contribution >= 0.6 is 11.3 Å². The first kappa shape index (κ1) is 14.8. The average molecular weight is 333 g/mol. The molecule has 5 nitrogen and oxygen atoms in total. The average Bonchev–Trinajstić information content (AvgIpc) is 3.19. The van der Waals surface area contributed by atoms with Crippen LogP contribution < -0.4 is 4.72 Å². The number of aromatic amines is 1. The third-order valence-corrected chi connectivity index (χ3v) is 6.30. The molecule has 0 atom stereocenters. The Hall–Kier alpha value is -2.12. The normalized spacial score (nSPS) is 11.5. The summed E-state index contributed by atoms with van der Waals surface area (Å²) in [7, 11) is -3.52. The molecule has 0 aliphatic carbocycles. The largest absolute Gasteiger partial charge is 0.279 e. The zero-order valence-electron chi connectivity index (χ0n) is 11.9. The molecular weight excluding hydrogens is 318 g/mol. The number of thiophene rings is 1. The molecule has 114 valence electrons. The van der Waals surface area contributed by atoms with Gasteiger partial charge in [-0.2, -0.15) is 5.10 Å². The highest BCUT2D eigenvalue weighted by atomic mass is 32.2. The summed E-state index contributed by atoms with van der Waals surface area (Å²) < 4.78 is 27.6. The minimum Gasteiger partial charge on any atom is -0.279 e. The van der Waals surface area contributed by atoms with Gasteiger partial charge in [0.25, 0.3) is 10.0 Å². The van der Waals surface area contributed by atoms with Gasteiger partial charge in [0.2, 0.25) is 0 Å². The van der Waals surface area contributed by atoms with Crippen LogP contribution in [0.3, 0.4) is 0 Å². The fraction of sp³-hybridized carbons (Fsp3) is 0.133. The Morgan fingerprint density at radius 3 is 2.50 bits per heavy atom. The SMILES string of the molecule is CCc1ccc(S(=O)(=O)Nc2ccc(-c3ccn[nH]3)cc2)s1. The van der Waals surface area contributed by atoms with Crippen LogP contribution in [-0.2, 0) is 16.4 Å². The minimum absolute atomic E-state index is 0.335. The number of rotatable bonds is 5. The van der Waals surface area contributed by atoms with Crippen molar-refractivity contribution in [2.75, 3.05) is 4.72 Å². The first-order valence-electron chi connectivity index (χ1n) is 6.80. The second-order valence-electron chi connectivity index (χ2n) is 4.73. The topological polar surface area (TPSA) is 74.8 Å². The lowest BCUT2D eigenvalue weighted by Gasteiger charge is -2.07. The van der Waals surface area contributed by atoms with Crippen molar-refractivity contribution in [2.45, 2.75) is 17.6 Å². The lowest BCUT2D eigenvalue weighted by Crippen LogP contribution is -2.11. The molecule has 0 radical (unpaired) electrons. The van der Waals surface area contributed by atoms with Crippen molar-refractivity contribution in [3.63, 3.8) is 0 Å². The van der Waals surface area contributed by atoms with Gasteiger partial charge in [-0.3, -0.25) is 9.82 Å². The number of sulfonamides is 1. The molecule has 0 aliphatic rings. The van der Waals surface area contributed by atoms with E-state index in [0.717, 1.165) is 22.6 Å². The zero-order chi connectivity index (χ0) is 15.6. The Morgan fingerprint density at radius 2 is 1.91 bits per heavy atom. The Balaban J connectivity index is 1.80. The van der Waals surface area contributed by atoms with E-state index in [0.29, 0.717) is 9.90 Å². The summed E-state index contributed by atoms with van der Waals surface area (Å²) >= 11 is 1.30. The van der Waals surface area contributed by atoms with E-state index in [1.807, 2.05) is 31.2 Å². The summed E-state index contributed by atoms with van der Waals surface area (Å²) in [6.07, 6.45) is 2.51. The van der Waals surface area contributed by atoms with Crippen LogP contribution in [0.25, 0.3) is 11.3 Å². The monoisotopic (exact) mass is 333 g/mol. The number of hydrogen-bond donors (Lipinski definition) is 2. The van der Waals surface area contributed by atoms with Gasteiger partial charge in [0, 0.05) is 16.8 Å². The summed E-state index contributed by atoms with van der Waals surface area (Å²) in [5, 5.41) is 6.76. The summed E-state index contributed by atoms with van der Waals surface area (Å²) in [6.45, 7) is 2.00. The second kappa shape index (κ2) is 5.94. The van der Waals surface area contributed by atoms with Crippen molar-refractivity contribution in [3.8, 4) is 11.3 Å². The number of H-pyrrole nitrogens is 1. The Morgan fingerprint density at radius 1 is 1.14 bits per heavy atom. The van der Waals surface area contributed by atoms with E-state index in [9.17, 15) is 8.42 Å². The lowest BCUT2D eigenvalue weighted by atomic mass is 10.1. The molecule has 0 unspecified atom stereocenters. The highest BCUT2D eigenvalue weighted by Crippen LogP contribution is 2.25. The Bertz CT molecular complexity index is 851. The molecule has 2 heterocycles. The van der Waals surface area contributed by atoms with Gasteiger partial charge in [0.15, 0.2) is 0 Å². The van der Waals surface area contributed by atoms with E-state index in [1.165, 1.54) is 11.3 Å². The molecule has 0 fully saturated rings. The molecule has 3 aromatic rings. The lowest BCUT2D eigenvalue weighted by molar-refractivity contribution is 0.603. The van der Waals surface area contributed by atoms with Crippen molar-refractivity contribution >= 4 is 27.0 Å². The fourth-order valence-electron chi connectivity index (χ4n) is 2.03. The number of aromatic nitrogens is 2. The number of nitrogens with one attached hydrogen (secondary N) is 2. The predicted molar refractivity (Wildman–Crippen MR) is 88.5 cm³/mol. The van der Waals surface area contributed by atoms with E-state index in [-0.39, 0.29) is 0 Å². The van der Waals surface area contributed by atoms with Gasteiger partial charge in [0.1, 0.15) is 4.21 Å². The van der Waals surface area contributed by atoms with Gasteiger partial charge in [-0.05, 0) is 42.3 Å². The molecule has 2 N–H and O–H groups in total. The van der Waals surface area contributed by atoms with Gasteiger partial charge < -0.3 is 0 Å². The number of benzene rings is 1. The molecule has 0 aliphatic heterocycles. The highest BCUT2D eigenvalue weighted by Gasteiger charge is 2.16. The molecule has 1 aromatic carbocycles. The maximum absolute atomic E-state index is 12.3. The Labute approximate surface area is 133 Å². The van der Waals surface area contributed by atoms with Crippen LogP contribution in [0.15, 0.2) is 52.9 Å². The van der Waals surface area contributed by atoms with E-state index < -0.39 is 10.0 Å². The number of nitrogens with zero attached hydrogens (tertiary/aromatic N) is 1. The standard InChI is InChI=1S/C15H15N3O2S2/c1-2-13-7-8-15(21-13)22(19,20)18-12-5-3-11(4-6-12)14-9-10-16-17-14/h3-10,18H,2H2,1H3,(H,16,17). The van der Waals surface area contributed by atoms with Crippen molar-refractivity contribution in [1.29, 1.82) is 0 Å². The first-order chi connectivity index (χ1) is 10.6. The van der Waals surface area contributed by atoms with Gasteiger partial charge in [-0.1, -0.05) is 19.1 Å². The van der Waals surface area contributed by atoms with Crippen LogP contribution in [0.4, 0.5) is 5.69 Å². The fourth-order valence-corrected chi connectivity index (χ4v) is 4.39. The van der Waals surface area contributed by atoms with E-state index in [1.54, 1.807) is 24.4 Å². The number of anilines is 1. The first-order valence-corrected chi connectivity index (χ1v) is 9.10. The summed E-state index contributed by atoms with van der Waals surface area (Å²) in [5.41, 5.74) is 2.37. The van der Waals surface area contributed by atoms with Gasteiger partial charge in [-0.25, -0.2) is 8.42 Å². The summed E-state index contributed by atoms with van der Waals surface area (Å²) in [6, 6.07) is 12.5. The maximum atomic E-state index is 12.3. The molecule has 0 spiro atoms. The molecule has 0 amide bonds. The van der Waals surface area contributed by atoms with Crippen LogP contribution in [0.5, 0.6) is 0 Å². The molecule has 0 saturated heterocycles. The van der Waals surface area contributed by atoms with Crippen LogP contribution in [0.1, 0.15) is 11.8 Å². The van der Waals surface area contributed by atoms with Crippen LogP contribution in [0, 0.1) is 0 Å². The molecule has 2 aromatic heterocycles. The second-order valence-corrected chi connectivity index (χ2v) is 7.81. The number of hydrogen-bond acceptors (Lipinski definition) is 4. The third kappa shape index (κ3) is 3.05. The van der Waals surface area contributed by atoms with Crippen molar-refractivity contribution in [3.05, 3.63) is 53.5 Å². The molecule has 0 saturated carbocycles. The van der Waals surface area contributed by atoms with Gasteiger partial charge >= 0.3 is 0 Å². The Kier molecular flexibility index (Phi) is 4.00. The van der Waals surface area contributed by atoms with Gasteiger partial charge in [-0.15, -0.1) is 11.3 Å².